The van der Waals surface area contributed by atoms with Crippen molar-refractivity contribution in [2.75, 3.05) is 13.6 Å². The van der Waals surface area contributed by atoms with E-state index < -0.39 is 12.0 Å². The lowest BCUT2D eigenvalue weighted by Gasteiger charge is -2.29. The molecular formula is C12H20N2O3. The molecule has 1 aliphatic heterocycles. The largest absolute Gasteiger partial charge is 0.481 e. The van der Waals surface area contributed by atoms with Gasteiger partial charge in [-0.15, -0.1) is 0 Å². The van der Waals surface area contributed by atoms with E-state index in [9.17, 15) is 9.59 Å². The van der Waals surface area contributed by atoms with Crippen LogP contribution in [0.4, 0.5) is 0 Å². The summed E-state index contributed by atoms with van der Waals surface area (Å²) >= 11 is 0. The lowest BCUT2D eigenvalue weighted by atomic mass is 10.1. The highest BCUT2D eigenvalue weighted by Gasteiger charge is 2.41. The van der Waals surface area contributed by atoms with E-state index in [1.165, 1.54) is 0 Å². The summed E-state index contributed by atoms with van der Waals surface area (Å²) in [7, 11) is 1.78. The minimum atomic E-state index is -0.892. The summed E-state index contributed by atoms with van der Waals surface area (Å²) in [4.78, 5) is 27.0. The van der Waals surface area contributed by atoms with Crippen LogP contribution in [-0.4, -0.2) is 58.5 Å². The molecule has 5 nitrogen and oxygen atoms in total. The monoisotopic (exact) mass is 240 g/mol. The van der Waals surface area contributed by atoms with E-state index in [0.717, 1.165) is 25.8 Å². The molecule has 2 aliphatic rings. The van der Waals surface area contributed by atoms with E-state index in [-0.39, 0.29) is 18.4 Å². The number of carboxylic acids is 1. The topological polar surface area (TPSA) is 60.9 Å². The summed E-state index contributed by atoms with van der Waals surface area (Å²) in [6.45, 7) is 2.85. The first-order chi connectivity index (χ1) is 8.00. The molecule has 1 aliphatic carbocycles. The van der Waals surface area contributed by atoms with Gasteiger partial charge < -0.3 is 10.0 Å². The summed E-state index contributed by atoms with van der Waals surface area (Å²) in [5, 5.41) is 8.95. The Morgan fingerprint density at radius 3 is 2.59 bits per heavy atom. The van der Waals surface area contributed by atoms with Crippen molar-refractivity contribution in [3.63, 3.8) is 0 Å². The molecule has 1 amide bonds. The lowest BCUT2D eigenvalue weighted by molar-refractivity contribution is -0.145. The molecule has 1 saturated carbocycles. The Hall–Kier alpha value is -1.10. The minimum Gasteiger partial charge on any atom is -0.481 e. The van der Waals surface area contributed by atoms with Gasteiger partial charge >= 0.3 is 5.97 Å². The first kappa shape index (κ1) is 12.4. The van der Waals surface area contributed by atoms with E-state index in [0.29, 0.717) is 6.04 Å². The summed E-state index contributed by atoms with van der Waals surface area (Å²) in [6, 6.07) is 0.166. The first-order valence-corrected chi connectivity index (χ1v) is 6.25. The number of rotatable bonds is 3. The fourth-order valence-corrected chi connectivity index (χ4v) is 2.49. The third kappa shape index (κ3) is 2.60. The molecule has 0 aromatic carbocycles. The molecule has 1 saturated heterocycles. The maximum absolute atomic E-state index is 12.3. The maximum Gasteiger partial charge on any atom is 0.305 e. The Labute approximate surface area is 101 Å². The van der Waals surface area contributed by atoms with E-state index in [2.05, 4.69) is 4.90 Å². The average Bonchev–Trinajstić information content (AvgIpc) is 3.08. The molecule has 2 rings (SSSR count). The van der Waals surface area contributed by atoms with E-state index >= 15 is 0 Å². The van der Waals surface area contributed by atoms with Crippen LogP contribution in [0.25, 0.3) is 0 Å². The molecule has 5 heteroatoms. The van der Waals surface area contributed by atoms with Crippen LogP contribution in [0.1, 0.15) is 32.6 Å². The summed E-state index contributed by atoms with van der Waals surface area (Å²) < 4.78 is 0. The summed E-state index contributed by atoms with van der Waals surface area (Å²) in [6.07, 6.45) is 3.05. The van der Waals surface area contributed by atoms with Crippen molar-refractivity contribution in [1.82, 2.24) is 9.80 Å². The van der Waals surface area contributed by atoms with E-state index in [4.69, 9.17) is 5.11 Å². The fourth-order valence-electron chi connectivity index (χ4n) is 2.49. The highest BCUT2D eigenvalue weighted by atomic mass is 16.4. The number of aliphatic carboxylic acids is 1. The van der Waals surface area contributed by atoms with Crippen molar-refractivity contribution >= 4 is 11.9 Å². The highest BCUT2D eigenvalue weighted by molar-refractivity contribution is 5.86. The number of amides is 1. The van der Waals surface area contributed by atoms with Crippen LogP contribution in [-0.2, 0) is 9.59 Å². The van der Waals surface area contributed by atoms with Gasteiger partial charge in [0.25, 0.3) is 0 Å². The number of likely N-dealkylation sites (N-methyl/N-ethyl adjacent to an activating group) is 1. The van der Waals surface area contributed by atoms with Crippen LogP contribution in [0.15, 0.2) is 0 Å². The zero-order valence-corrected chi connectivity index (χ0v) is 10.4. The molecule has 1 heterocycles. The van der Waals surface area contributed by atoms with Crippen molar-refractivity contribution in [2.24, 2.45) is 0 Å². The molecule has 2 atom stereocenters. The summed E-state index contributed by atoms with van der Waals surface area (Å²) in [5.41, 5.74) is 0. The lowest BCUT2D eigenvalue weighted by Crippen LogP contribution is -2.47. The third-order valence-corrected chi connectivity index (χ3v) is 3.88. The smallest absolute Gasteiger partial charge is 0.305 e. The number of carbonyl (C=O) groups is 2. The molecule has 0 spiro atoms. The van der Waals surface area contributed by atoms with Gasteiger partial charge in [0.15, 0.2) is 0 Å². The number of carbonyl (C=O) groups excluding carboxylic acids is 1. The Morgan fingerprint density at radius 1 is 1.41 bits per heavy atom. The highest BCUT2D eigenvalue weighted by Crippen LogP contribution is 2.32. The van der Waals surface area contributed by atoms with Gasteiger partial charge in [-0.2, -0.15) is 0 Å². The van der Waals surface area contributed by atoms with Crippen molar-refractivity contribution in [3.05, 3.63) is 0 Å². The van der Waals surface area contributed by atoms with E-state index in [1.807, 2.05) is 6.92 Å². The Morgan fingerprint density at radius 2 is 2.06 bits per heavy atom. The number of nitrogens with zero attached hydrogens (tertiary/aromatic N) is 2. The molecule has 0 aromatic heterocycles. The second-order valence-electron chi connectivity index (χ2n) is 5.17. The predicted molar refractivity (Wildman–Crippen MR) is 62.6 cm³/mol. The van der Waals surface area contributed by atoms with Gasteiger partial charge in [0, 0.05) is 25.7 Å². The zero-order valence-electron chi connectivity index (χ0n) is 10.4. The molecule has 17 heavy (non-hydrogen) atoms. The Bertz CT molecular complexity index is 328. The maximum atomic E-state index is 12.3. The third-order valence-electron chi connectivity index (χ3n) is 3.88. The van der Waals surface area contributed by atoms with Crippen LogP contribution in [0, 0.1) is 0 Å². The second kappa shape index (κ2) is 4.64. The first-order valence-electron chi connectivity index (χ1n) is 6.25. The van der Waals surface area contributed by atoms with Crippen LogP contribution in [0.2, 0.25) is 0 Å². The van der Waals surface area contributed by atoms with Crippen molar-refractivity contribution in [3.8, 4) is 0 Å². The van der Waals surface area contributed by atoms with Gasteiger partial charge in [-0.05, 0) is 26.2 Å². The fraction of sp³-hybridized carbons (Fsp3) is 0.833. The molecular weight excluding hydrogens is 220 g/mol. The van der Waals surface area contributed by atoms with E-state index in [1.54, 1.807) is 11.9 Å². The summed E-state index contributed by atoms with van der Waals surface area (Å²) in [5.74, 6) is -0.929. The molecule has 0 bridgehead atoms. The molecule has 1 N–H and O–H groups in total. The normalized spacial score (nSPS) is 31.4. The SMILES string of the molecule is CC1CCN(C2CC2)C(CC(=O)O)C(=O)N1C. The Balaban J connectivity index is 2.18. The van der Waals surface area contributed by atoms with Gasteiger partial charge in [0.1, 0.15) is 6.04 Å². The standard InChI is InChI=1S/C12H20N2O3/c1-8-5-6-14(9-3-4-9)10(7-11(15)16)12(17)13(8)2/h8-10H,3-7H2,1-2H3,(H,15,16). The van der Waals surface area contributed by atoms with Crippen molar-refractivity contribution < 1.29 is 14.7 Å². The predicted octanol–water partition coefficient (Wildman–Crippen LogP) is 0.545. The molecule has 96 valence electrons. The Kier molecular flexibility index (Phi) is 3.38. The molecule has 0 radical (unpaired) electrons. The van der Waals surface area contributed by atoms with Crippen LogP contribution in [0.5, 0.6) is 0 Å². The number of hydrogen-bond donors (Lipinski definition) is 1. The average molecular weight is 240 g/mol. The van der Waals surface area contributed by atoms with Crippen LogP contribution in [0.3, 0.4) is 0 Å². The number of hydrogen-bond acceptors (Lipinski definition) is 3. The number of carboxylic acid groups (broad SMARTS) is 1. The van der Waals surface area contributed by atoms with Gasteiger partial charge in [0.05, 0.1) is 6.42 Å². The van der Waals surface area contributed by atoms with Crippen molar-refractivity contribution in [2.45, 2.75) is 50.7 Å². The quantitative estimate of drug-likeness (QED) is 0.782. The van der Waals surface area contributed by atoms with Crippen LogP contribution >= 0.6 is 0 Å². The molecule has 2 unspecified atom stereocenters. The molecule has 0 aromatic rings. The van der Waals surface area contributed by atoms with Gasteiger partial charge in [0.2, 0.25) is 5.91 Å². The van der Waals surface area contributed by atoms with Crippen LogP contribution < -0.4 is 0 Å². The van der Waals surface area contributed by atoms with Gasteiger partial charge in [-0.25, -0.2) is 0 Å². The van der Waals surface area contributed by atoms with Gasteiger partial charge in [-0.3, -0.25) is 14.5 Å². The van der Waals surface area contributed by atoms with Gasteiger partial charge in [-0.1, -0.05) is 0 Å². The second-order valence-corrected chi connectivity index (χ2v) is 5.17. The molecule has 2 fully saturated rings. The van der Waals surface area contributed by atoms with Crippen molar-refractivity contribution in [1.29, 1.82) is 0 Å². The minimum absolute atomic E-state index is 0.0377. The zero-order chi connectivity index (χ0) is 12.6.